The number of hydrogen-bond donors (Lipinski definition) is 1. The number of hydrogen-bond acceptors (Lipinski definition) is 4. The highest BCUT2D eigenvalue weighted by molar-refractivity contribution is 6.30. The van der Waals surface area contributed by atoms with Crippen LogP contribution in [0.25, 0.3) is 0 Å². The molecule has 27 heavy (non-hydrogen) atoms. The summed E-state index contributed by atoms with van der Waals surface area (Å²) in [5.41, 5.74) is 2.13. The van der Waals surface area contributed by atoms with Crippen molar-refractivity contribution in [1.82, 2.24) is 14.9 Å². The number of likely N-dealkylation sites (tertiary alicyclic amines) is 1. The van der Waals surface area contributed by atoms with E-state index in [4.69, 9.17) is 11.6 Å². The molecule has 2 heterocycles. The largest absolute Gasteiger partial charge is 0.338 e. The molecule has 0 bridgehead atoms. The van der Waals surface area contributed by atoms with Gasteiger partial charge >= 0.3 is 0 Å². The number of aryl methyl sites for hydroxylation is 1. The maximum absolute atomic E-state index is 12.8. The fourth-order valence-corrected chi connectivity index (χ4v) is 3.29. The van der Waals surface area contributed by atoms with Crippen LogP contribution in [-0.2, 0) is 11.2 Å². The third-order valence-electron chi connectivity index (χ3n) is 4.63. The van der Waals surface area contributed by atoms with Crippen LogP contribution in [0.4, 0.5) is 5.69 Å². The molecular formula is C20H21ClN4O2. The molecule has 0 saturated carbocycles. The molecule has 2 aromatic rings. The molecule has 0 radical (unpaired) electrons. The Hall–Kier alpha value is -2.73. The molecule has 1 aromatic heterocycles. The van der Waals surface area contributed by atoms with Gasteiger partial charge in [0, 0.05) is 43.2 Å². The van der Waals surface area contributed by atoms with Crippen molar-refractivity contribution in [1.29, 1.82) is 0 Å². The molecule has 1 N–H and O–H groups in total. The number of anilines is 1. The lowest BCUT2D eigenvalue weighted by molar-refractivity contribution is -0.111. The fraction of sp³-hybridized carbons (Fsp3) is 0.300. The van der Waals surface area contributed by atoms with E-state index in [2.05, 4.69) is 21.9 Å². The summed E-state index contributed by atoms with van der Waals surface area (Å²) in [6, 6.07) is 5.29. The molecule has 1 aliphatic heterocycles. The number of rotatable bonds is 5. The molecule has 0 spiro atoms. The van der Waals surface area contributed by atoms with Crippen LogP contribution in [0.1, 0.15) is 28.2 Å². The van der Waals surface area contributed by atoms with E-state index in [1.54, 1.807) is 30.6 Å². The van der Waals surface area contributed by atoms with Crippen LogP contribution in [0.15, 0.2) is 43.2 Å². The summed E-state index contributed by atoms with van der Waals surface area (Å²) >= 11 is 5.81. The Labute approximate surface area is 163 Å². The summed E-state index contributed by atoms with van der Waals surface area (Å²) in [5.74, 6) is 0.808. The van der Waals surface area contributed by atoms with E-state index >= 15 is 0 Å². The van der Waals surface area contributed by atoms with Gasteiger partial charge in [-0.2, -0.15) is 0 Å². The lowest BCUT2D eigenvalue weighted by Crippen LogP contribution is -2.29. The van der Waals surface area contributed by atoms with E-state index in [1.165, 1.54) is 6.08 Å². The Morgan fingerprint density at radius 1 is 1.37 bits per heavy atom. The van der Waals surface area contributed by atoms with Gasteiger partial charge in [-0.05, 0) is 49.1 Å². The van der Waals surface area contributed by atoms with Crippen molar-refractivity contribution < 1.29 is 9.59 Å². The molecule has 1 aliphatic rings. The molecule has 1 saturated heterocycles. The third kappa shape index (κ3) is 4.71. The second-order valence-electron chi connectivity index (χ2n) is 6.65. The molecule has 0 aliphatic carbocycles. The Balaban J connectivity index is 1.62. The van der Waals surface area contributed by atoms with Crippen LogP contribution < -0.4 is 5.32 Å². The van der Waals surface area contributed by atoms with Crippen molar-refractivity contribution in [3.8, 4) is 0 Å². The summed E-state index contributed by atoms with van der Waals surface area (Å²) < 4.78 is 0. The van der Waals surface area contributed by atoms with Crippen molar-refractivity contribution in [2.24, 2.45) is 5.92 Å². The summed E-state index contributed by atoms with van der Waals surface area (Å²) in [6.07, 6.45) is 6.05. The second-order valence-corrected chi connectivity index (χ2v) is 7.09. The lowest BCUT2D eigenvalue weighted by atomic mass is 10.0. The summed E-state index contributed by atoms with van der Waals surface area (Å²) in [6.45, 7) is 6.69. The van der Waals surface area contributed by atoms with Crippen LogP contribution in [0, 0.1) is 12.8 Å². The van der Waals surface area contributed by atoms with E-state index in [1.807, 2.05) is 11.8 Å². The number of benzene rings is 1. The minimum Gasteiger partial charge on any atom is -0.338 e. The standard InChI is InChI=1S/C20H21ClN4O2/c1-3-19(26)24-17-5-4-15(8-13(17)2)20(27)25-7-6-14(12-25)9-18-22-10-16(21)11-23-18/h3-5,8,10-11,14H,1,6-7,9,12H2,2H3,(H,24,26)/t14-/m0/s1. The molecule has 1 aromatic carbocycles. The summed E-state index contributed by atoms with van der Waals surface area (Å²) in [4.78, 5) is 34.6. The van der Waals surface area contributed by atoms with Gasteiger partial charge in [-0.15, -0.1) is 0 Å². The maximum Gasteiger partial charge on any atom is 0.253 e. The topological polar surface area (TPSA) is 75.2 Å². The van der Waals surface area contributed by atoms with E-state index in [0.29, 0.717) is 35.3 Å². The molecule has 7 heteroatoms. The van der Waals surface area contributed by atoms with E-state index in [0.717, 1.165) is 24.2 Å². The molecular weight excluding hydrogens is 364 g/mol. The lowest BCUT2D eigenvalue weighted by Gasteiger charge is -2.17. The number of nitrogens with zero attached hydrogens (tertiary/aromatic N) is 3. The first-order chi connectivity index (χ1) is 13.0. The predicted molar refractivity (Wildman–Crippen MR) is 105 cm³/mol. The summed E-state index contributed by atoms with van der Waals surface area (Å²) in [7, 11) is 0. The number of nitrogens with one attached hydrogen (secondary N) is 1. The van der Waals surface area contributed by atoms with Gasteiger partial charge in [-0.25, -0.2) is 9.97 Å². The average Bonchev–Trinajstić information content (AvgIpc) is 3.13. The molecule has 2 amide bonds. The number of carbonyl (C=O) groups excluding carboxylic acids is 2. The maximum atomic E-state index is 12.8. The van der Waals surface area contributed by atoms with Gasteiger partial charge in [0.05, 0.1) is 5.02 Å². The molecule has 1 fully saturated rings. The molecule has 6 nitrogen and oxygen atoms in total. The first-order valence-corrected chi connectivity index (χ1v) is 9.14. The highest BCUT2D eigenvalue weighted by Crippen LogP contribution is 2.23. The van der Waals surface area contributed by atoms with Crippen LogP contribution in [0.2, 0.25) is 5.02 Å². The van der Waals surface area contributed by atoms with E-state index < -0.39 is 0 Å². The Bertz CT molecular complexity index is 867. The van der Waals surface area contributed by atoms with Crippen molar-refractivity contribution in [2.45, 2.75) is 19.8 Å². The van der Waals surface area contributed by atoms with Gasteiger partial charge in [0.2, 0.25) is 5.91 Å². The van der Waals surface area contributed by atoms with Crippen molar-refractivity contribution in [3.63, 3.8) is 0 Å². The molecule has 3 rings (SSSR count). The Morgan fingerprint density at radius 3 is 2.78 bits per heavy atom. The van der Waals surface area contributed by atoms with Gasteiger partial charge in [0.15, 0.2) is 0 Å². The minimum atomic E-state index is -0.274. The number of halogens is 1. The van der Waals surface area contributed by atoms with Gasteiger partial charge in [-0.1, -0.05) is 18.2 Å². The number of carbonyl (C=O) groups is 2. The van der Waals surface area contributed by atoms with Gasteiger partial charge in [-0.3, -0.25) is 9.59 Å². The van der Waals surface area contributed by atoms with Crippen LogP contribution in [-0.4, -0.2) is 39.8 Å². The zero-order valence-corrected chi connectivity index (χ0v) is 15.9. The van der Waals surface area contributed by atoms with Gasteiger partial charge in [0.1, 0.15) is 5.82 Å². The smallest absolute Gasteiger partial charge is 0.253 e. The van der Waals surface area contributed by atoms with E-state index in [9.17, 15) is 9.59 Å². The highest BCUT2D eigenvalue weighted by Gasteiger charge is 2.27. The van der Waals surface area contributed by atoms with Crippen LogP contribution in [0.5, 0.6) is 0 Å². The van der Waals surface area contributed by atoms with Gasteiger partial charge < -0.3 is 10.2 Å². The van der Waals surface area contributed by atoms with Crippen molar-refractivity contribution in [2.75, 3.05) is 18.4 Å². The first kappa shape index (κ1) is 19.0. The van der Waals surface area contributed by atoms with Crippen LogP contribution in [0.3, 0.4) is 0 Å². The normalized spacial score (nSPS) is 16.2. The third-order valence-corrected chi connectivity index (χ3v) is 4.83. The number of amides is 2. The fourth-order valence-electron chi connectivity index (χ4n) is 3.19. The zero-order valence-electron chi connectivity index (χ0n) is 15.1. The molecule has 0 unspecified atom stereocenters. The number of aromatic nitrogens is 2. The quantitative estimate of drug-likeness (QED) is 0.803. The van der Waals surface area contributed by atoms with E-state index in [-0.39, 0.29) is 11.8 Å². The van der Waals surface area contributed by atoms with Crippen molar-refractivity contribution in [3.05, 3.63) is 65.2 Å². The SMILES string of the molecule is C=CC(=O)Nc1ccc(C(=O)N2CC[C@@H](Cc3ncc(Cl)cn3)C2)cc1C. The minimum absolute atomic E-state index is 0.000721. The van der Waals surface area contributed by atoms with Gasteiger partial charge in [0.25, 0.3) is 5.91 Å². The predicted octanol–water partition coefficient (Wildman–Crippen LogP) is 3.27. The monoisotopic (exact) mass is 384 g/mol. The van der Waals surface area contributed by atoms with Crippen molar-refractivity contribution >= 4 is 29.1 Å². The first-order valence-electron chi connectivity index (χ1n) is 8.76. The molecule has 1 atom stereocenters. The Morgan fingerprint density at radius 2 is 2.11 bits per heavy atom. The molecule has 140 valence electrons. The zero-order chi connectivity index (χ0) is 19.4. The highest BCUT2D eigenvalue weighted by atomic mass is 35.5. The average molecular weight is 385 g/mol. The summed E-state index contributed by atoms with van der Waals surface area (Å²) in [5, 5.41) is 3.25. The second kappa shape index (κ2) is 8.31. The van der Waals surface area contributed by atoms with Crippen LogP contribution >= 0.6 is 11.6 Å². The Kier molecular flexibility index (Phi) is 5.86.